The van der Waals surface area contributed by atoms with Gasteiger partial charge in [0, 0.05) is 56.3 Å². The molecule has 0 spiro atoms. The van der Waals surface area contributed by atoms with Gasteiger partial charge in [-0.25, -0.2) is 13.8 Å². The molecule has 4 aromatic rings. The Morgan fingerprint density at radius 3 is 2.57 bits per heavy atom. The molecule has 8 rings (SSSR count). The van der Waals surface area contributed by atoms with Crippen molar-refractivity contribution in [2.24, 2.45) is 5.41 Å². The molecule has 1 atom stereocenters. The van der Waals surface area contributed by atoms with Gasteiger partial charge in [-0.05, 0) is 74.3 Å². The molecule has 3 fully saturated rings. The lowest BCUT2D eigenvalue weighted by Gasteiger charge is -2.39. The Hall–Kier alpha value is -3.68. The van der Waals surface area contributed by atoms with Gasteiger partial charge < -0.3 is 19.9 Å². The van der Waals surface area contributed by atoms with E-state index in [0.29, 0.717) is 85.5 Å². The fraction of sp³-hybridized carbons (Fsp3) is 0.528. The van der Waals surface area contributed by atoms with E-state index >= 15 is 4.39 Å². The number of rotatable bonds is 7. The number of hydrogen-bond acceptors (Lipinski definition) is 8. The van der Waals surface area contributed by atoms with Crippen molar-refractivity contribution in [3.05, 3.63) is 53.2 Å². The van der Waals surface area contributed by atoms with Gasteiger partial charge in [-0.15, -0.1) is 13.2 Å². The second-order valence-electron chi connectivity index (χ2n) is 14.1. The van der Waals surface area contributed by atoms with E-state index in [0.717, 1.165) is 44.2 Å². The summed E-state index contributed by atoms with van der Waals surface area (Å²) < 4.78 is 80.5. The molecular weight excluding hydrogens is 643 g/mol. The van der Waals surface area contributed by atoms with Gasteiger partial charge >= 0.3 is 12.4 Å². The smallest absolute Gasteiger partial charge is 0.463 e. The van der Waals surface area contributed by atoms with Crippen LogP contribution in [-0.4, -0.2) is 84.2 Å². The van der Waals surface area contributed by atoms with Crippen molar-refractivity contribution in [2.45, 2.75) is 70.4 Å². The number of ether oxygens (including phenoxy) is 2. The van der Waals surface area contributed by atoms with Crippen LogP contribution in [0, 0.1) is 24.0 Å². The van der Waals surface area contributed by atoms with E-state index in [9.17, 15) is 17.6 Å². The van der Waals surface area contributed by atoms with Gasteiger partial charge in [-0.3, -0.25) is 4.74 Å². The number of hydrogen-bond donors (Lipinski definition) is 1. The normalized spacial score (nSPS) is 21.4. The number of halogens is 5. The summed E-state index contributed by atoms with van der Waals surface area (Å²) in [7, 11) is 0. The van der Waals surface area contributed by atoms with Gasteiger partial charge in [0.25, 0.3) is 0 Å². The zero-order valence-electron chi connectivity index (χ0n) is 27.4. The SMILES string of the molecule is Cc1c(F)ccc2cccc(-c3nc4c5c(nc(OCC6(CN7CCC(OC(F)(F)F)CC7)CC6)nc5c3F)N3CCNCC3CCC4)c12. The summed E-state index contributed by atoms with van der Waals surface area (Å²) in [6, 6.07) is 8.88. The Morgan fingerprint density at radius 2 is 1.80 bits per heavy atom. The van der Waals surface area contributed by atoms with Crippen LogP contribution < -0.4 is 15.0 Å². The lowest BCUT2D eigenvalue weighted by Crippen LogP contribution is -2.52. The van der Waals surface area contributed by atoms with Crippen molar-refractivity contribution in [3.63, 3.8) is 0 Å². The molecule has 1 unspecified atom stereocenters. The molecule has 2 aromatic heterocycles. The Balaban J connectivity index is 1.14. The first-order valence-electron chi connectivity index (χ1n) is 17.2. The number of piperidine rings is 1. The van der Waals surface area contributed by atoms with E-state index in [2.05, 4.69) is 19.9 Å². The number of pyridine rings is 1. The number of nitrogens with one attached hydrogen (secondary N) is 1. The summed E-state index contributed by atoms with van der Waals surface area (Å²) in [4.78, 5) is 19.0. The predicted octanol–water partition coefficient (Wildman–Crippen LogP) is 6.71. The number of likely N-dealkylation sites (tertiary alicyclic amines) is 1. The van der Waals surface area contributed by atoms with E-state index in [1.165, 1.54) is 6.07 Å². The van der Waals surface area contributed by atoms with Crippen LogP contribution in [0.15, 0.2) is 30.3 Å². The Kier molecular flexibility index (Phi) is 8.35. The first-order chi connectivity index (χ1) is 23.6. The maximum Gasteiger partial charge on any atom is 0.522 e. The van der Waals surface area contributed by atoms with Crippen LogP contribution in [0.3, 0.4) is 0 Å². The molecule has 13 heteroatoms. The largest absolute Gasteiger partial charge is 0.522 e. The molecule has 1 saturated carbocycles. The molecule has 5 heterocycles. The minimum atomic E-state index is -4.62. The molecule has 1 N–H and O–H groups in total. The van der Waals surface area contributed by atoms with E-state index in [4.69, 9.17) is 19.7 Å². The molecule has 2 saturated heterocycles. The second-order valence-corrected chi connectivity index (χ2v) is 14.1. The average Bonchev–Trinajstić information content (AvgIpc) is 3.85. The zero-order chi connectivity index (χ0) is 33.9. The third-order valence-electron chi connectivity index (χ3n) is 10.7. The number of benzene rings is 2. The molecular formula is C36H39F5N6O2. The number of alkyl halides is 3. The predicted molar refractivity (Wildman–Crippen MR) is 176 cm³/mol. The molecule has 0 amide bonds. The number of fused-ring (bicyclic) bond motifs is 3. The fourth-order valence-electron chi connectivity index (χ4n) is 7.96. The van der Waals surface area contributed by atoms with Crippen molar-refractivity contribution >= 4 is 27.5 Å². The van der Waals surface area contributed by atoms with E-state index in [1.807, 2.05) is 12.1 Å². The fourth-order valence-corrected chi connectivity index (χ4v) is 7.96. The molecule has 1 aliphatic carbocycles. The monoisotopic (exact) mass is 682 g/mol. The Bertz CT molecular complexity index is 1890. The van der Waals surface area contributed by atoms with Gasteiger partial charge in [-0.1, -0.05) is 24.3 Å². The van der Waals surface area contributed by atoms with Crippen LogP contribution in [-0.2, 0) is 11.2 Å². The van der Waals surface area contributed by atoms with E-state index < -0.39 is 18.3 Å². The molecule has 4 aliphatic rings. The van der Waals surface area contributed by atoms with Gasteiger partial charge in [0.1, 0.15) is 22.8 Å². The topological polar surface area (TPSA) is 75.6 Å². The van der Waals surface area contributed by atoms with Crippen molar-refractivity contribution in [1.29, 1.82) is 0 Å². The lowest BCUT2D eigenvalue weighted by molar-refractivity contribution is -0.345. The number of nitrogens with zero attached hydrogens (tertiary/aromatic N) is 5. The summed E-state index contributed by atoms with van der Waals surface area (Å²) in [5, 5.41) is 5.47. The van der Waals surface area contributed by atoms with Gasteiger partial charge in [0.15, 0.2) is 5.82 Å². The maximum absolute atomic E-state index is 17.0. The number of aryl methyl sites for hydroxylation is 2. The highest BCUT2D eigenvalue weighted by Crippen LogP contribution is 2.47. The molecule has 8 nitrogen and oxygen atoms in total. The lowest BCUT2D eigenvalue weighted by atomic mass is 9.95. The highest BCUT2D eigenvalue weighted by Gasteiger charge is 2.46. The van der Waals surface area contributed by atoms with Crippen molar-refractivity contribution in [1.82, 2.24) is 25.2 Å². The standard InChI is InChI=1S/C36H39F5N6O2/c1-21-26(37)9-8-22-4-2-6-25(28(21)22)31-30(38)32-29-27(43-31)7-3-5-23-18-42-14-17-47(23)33(29)45-34(44-32)48-20-35(12-13-35)19-46-15-10-24(11-16-46)49-36(39,40)41/h2,4,6,8-9,23-24,42H,3,5,7,10-20H2,1H3. The zero-order valence-corrected chi connectivity index (χ0v) is 27.4. The summed E-state index contributed by atoms with van der Waals surface area (Å²) in [6.45, 7) is 5.98. The van der Waals surface area contributed by atoms with Crippen molar-refractivity contribution in [2.75, 3.05) is 50.8 Å². The molecule has 2 aromatic carbocycles. The van der Waals surface area contributed by atoms with Gasteiger partial charge in [-0.2, -0.15) is 9.97 Å². The summed E-state index contributed by atoms with van der Waals surface area (Å²) in [6.07, 6.45) is -0.580. The highest BCUT2D eigenvalue weighted by molar-refractivity contribution is 6.01. The molecule has 0 bridgehead atoms. The average molecular weight is 683 g/mol. The van der Waals surface area contributed by atoms with Crippen LogP contribution in [0.5, 0.6) is 6.01 Å². The first kappa shape index (κ1) is 32.5. The molecule has 260 valence electrons. The van der Waals surface area contributed by atoms with Crippen LogP contribution in [0.25, 0.3) is 32.9 Å². The molecule has 49 heavy (non-hydrogen) atoms. The third kappa shape index (κ3) is 6.41. The van der Waals surface area contributed by atoms with E-state index in [1.54, 1.807) is 19.1 Å². The quantitative estimate of drug-likeness (QED) is 0.216. The summed E-state index contributed by atoms with van der Waals surface area (Å²) >= 11 is 0. The van der Waals surface area contributed by atoms with Gasteiger partial charge in [0.05, 0.1) is 23.8 Å². The van der Waals surface area contributed by atoms with Crippen LogP contribution in [0.4, 0.5) is 27.8 Å². The second kappa shape index (κ2) is 12.6. The minimum absolute atomic E-state index is 0.0889. The van der Waals surface area contributed by atoms with Crippen molar-refractivity contribution < 1.29 is 31.4 Å². The van der Waals surface area contributed by atoms with Crippen molar-refractivity contribution in [3.8, 4) is 17.3 Å². The minimum Gasteiger partial charge on any atom is -0.463 e. The van der Waals surface area contributed by atoms with Crippen LogP contribution in [0.2, 0.25) is 0 Å². The van der Waals surface area contributed by atoms with Crippen LogP contribution in [0.1, 0.15) is 49.8 Å². The maximum atomic E-state index is 17.0. The molecule has 3 aliphatic heterocycles. The Morgan fingerprint density at radius 1 is 0.980 bits per heavy atom. The van der Waals surface area contributed by atoms with E-state index in [-0.39, 0.29) is 34.5 Å². The Labute approximate surface area is 281 Å². The first-order valence-corrected chi connectivity index (χ1v) is 17.2. The summed E-state index contributed by atoms with van der Waals surface area (Å²) in [5.74, 6) is -0.342. The highest BCUT2D eigenvalue weighted by atomic mass is 19.4. The molecule has 0 radical (unpaired) electrons. The number of aromatic nitrogens is 3. The van der Waals surface area contributed by atoms with Gasteiger partial charge in [0.2, 0.25) is 0 Å². The van der Waals surface area contributed by atoms with Crippen LogP contribution >= 0.6 is 0 Å². The number of piperazine rings is 1. The third-order valence-corrected chi connectivity index (χ3v) is 10.7. The summed E-state index contributed by atoms with van der Waals surface area (Å²) in [5.41, 5.74) is 1.76. The number of anilines is 1.